The molecule has 0 atom stereocenters. The number of benzene rings is 3. The molecule has 37 heavy (non-hydrogen) atoms. The van der Waals surface area contributed by atoms with E-state index in [1.165, 1.54) is 5.56 Å². The van der Waals surface area contributed by atoms with Gasteiger partial charge in [-0.05, 0) is 78.1 Å². The first-order valence-corrected chi connectivity index (χ1v) is 13.0. The van der Waals surface area contributed by atoms with E-state index in [4.69, 9.17) is 12.2 Å². The van der Waals surface area contributed by atoms with Gasteiger partial charge in [-0.2, -0.15) is 0 Å². The molecule has 192 valence electrons. The van der Waals surface area contributed by atoms with Crippen LogP contribution in [0.25, 0.3) is 0 Å². The molecule has 2 N–H and O–H groups in total. The van der Waals surface area contributed by atoms with E-state index in [0.717, 1.165) is 35.6 Å². The number of thiocarbonyl (C=S) groups is 1. The summed E-state index contributed by atoms with van der Waals surface area (Å²) >= 11 is 5.35. The van der Waals surface area contributed by atoms with Crippen LogP contribution in [0.5, 0.6) is 0 Å². The van der Waals surface area contributed by atoms with Crippen LogP contribution in [-0.4, -0.2) is 48.0 Å². The van der Waals surface area contributed by atoms with Crippen molar-refractivity contribution in [3.63, 3.8) is 0 Å². The first-order chi connectivity index (χ1) is 17.6. The first-order valence-electron chi connectivity index (χ1n) is 12.5. The molecule has 4 rings (SSSR count). The second-order valence-corrected chi connectivity index (χ2v) is 10.8. The van der Waals surface area contributed by atoms with Gasteiger partial charge >= 0.3 is 0 Å². The fraction of sp³-hybridized carbons (Fsp3) is 0.300. The average molecular weight is 515 g/mol. The van der Waals surface area contributed by atoms with Gasteiger partial charge in [0.15, 0.2) is 5.11 Å². The summed E-state index contributed by atoms with van der Waals surface area (Å²) in [6.07, 6.45) is 0. The van der Waals surface area contributed by atoms with E-state index in [1.807, 2.05) is 84.6 Å². The normalized spacial score (nSPS) is 13.7. The lowest BCUT2D eigenvalue weighted by atomic mass is 9.87. The Bertz CT molecular complexity index is 1270. The number of amides is 2. The van der Waals surface area contributed by atoms with Crippen molar-refractivity contribution in [3.05, 3.63) is 95.1 Å². The summed E-state index contributed by atoms with van der Waals surface area (Å²) in [5, 5.41) is 6.08. The second-order valence-electron chi connectivity index (χ2n) is 10.4. The Kier molecular flexibility index (Phi) is 7.93. The van der Waals surface area contributed by atoms with Gasteiger partial charge in [-0.1, -0.05) is 51.1 Å². The maximum Gasteiger partial charge on any atom is 0.257 e. The summed E-state index contributed by atoms with van der Waals surface area (Å²) in [6.45, 7) is 11.3. The molecule has 0 bridgehead atoms. The van der Waals surface area contributed by atoms with E-state index in [1.54, 1.807) is 0 Å². The number of nitrogens with zero attached hydrogens (tertiary/aromatic N) is 2. The van der Waals surface area contributed by atoms with Gasteiger partial charge in [-0.15, -0.1) is 0 Å². The number of anilines is 2. The largest absolute Gasteiger partial charge is 0.368 e. The third-order valence-electron chi connectivity index (χ3n) is 6.67. The summed E-state index contributed by atoms with van der Waals surface area (Å²) in [5.41, 5.74) is 5.43. The van der Waals surface area contributed by atoms with Crippen LogP contribution >= 0.6 is 12.2 Å². The maximum atomic E-state index is 12.9. The number of nitrogens with one attached hydrogen (secondary N) is 2. The van der Waals surface area contributed by atoms with Gasteiger partial charge in [-0.3, -0.25) is 14.9 Å². The maximum absolute atomic E-state index is 12.9. The minimum atomic E-state index is -0.243. The molecule has 0 radical (unpaired) electrons. The number of hydrogen-bond donors (Lipinski definition) is 2. The third-order valence-corrected chi connectivity index (χ3v) is 6.88. The molecular formula is C30H34N4O2S. The number of carbonyl (C=O) groups excluding carboxylic acids is 2. The van der Waals surface area contributed by atoms with E-state index < -0.39 is 0 Å². The highest BCUT2D eigenvalue weighted by Crippen LogP contribution is 2.23. The van der Waals surface area contributed by atoms with E-state index in [0.29, 0.717) is 18.7 Å². The van der Waals surface area contributed by atoms with Gasteiger partial charge in [-0.25, -0.2) is 0 Å². The number of rotatable bonds is 4. The molecule has 1 aliphatic heterocycles. The Morgan fingerprint density at radius 2 is 1.46 bits per heavy atom. The average Bonchev–Trinajstić information content (AvgIpc) is 2.88. The zero-order valence-electron chi connectivity index (χ0n) is 21.9. The van der Waals surface area contributed by atoms with Crippen molar-refractivity contribution in [1.29, 1.82) is 0 Å². The highest BCUT2D eigenvalue weighted by Gasteiger charge is 2.23. The van der Waals surface area contributed by atoms with E-state index in [-0.39, 0.29) is 22.3 Å². The molecular weight excluding hydrogens is 480 g/mol. The van der Waals surface area contributed by atoms with Crippen molar-refractivity contribution in [2.75, 3.05) is 36.4 Å². The van der Waals surface area contributed by atoms with Crippen molar-refractivity contribution in [1.82, 2.24) is 10.2 Å². The van der Waals surface area contributed by atoms with Crippen LogP contribution in [0.2, 0.25) is 0 Å². The molecule has 0 saturated carbocycles. The van der Waals surface area contributed by atoms with Crippen LogP contribution in [0, 0.1) is 6.92 Å². The lowest BCUT2D eigenvalue weighted by Gasteiger charge is -2.36. The minimum Gasteiger partial charge on any atom is -0.368 e. The van der Waals surface area contributed by atoms with Gasteiger partial charge in [0.25, 0.3) is 11.8 Å². The van der Waals surface area contributed by atoms with Gasteiger partial charge in [0.1, 0.15) is 0 Å². The summed E-state index contributed by atoms with van der Waals surface area (Å²) < 4.78 is 0. The summed E-state index contributed by atoms with van der Waals surface area (Å²) in [5.74, 6) is -0.148. The number of carbonyl (C=O) groups is 2. The van der Waals surface area contributed by atoms with Gasteiger partial charge in [0, 0.05) is 48.7 Å². The molecule has 0 aromatic heterocycles. The molecule has 0 unspecified atom stereocenters. The SMILES string of the molecule is Cc1ccccc1C(=O)N1CCN(c2ccc(NC(=S)NC(=O)c3ccc(C(C)(C)C)cc3)cc2)CC1. The number of piperazine rings is 1. The van der Waals surface area contributed by atoms with Crippen LogP contribution in [0.15, 0.2) is 72.8 Å². The third kappa shape index (κ3) is 6.54. The lowest BCUT2D eigenvalue weighted by Crippen LogP contribution is -2.48. The first kappa shape index (κ1) is 26.4. The molecule has 3 aromatic carbocycles. The van der Waals surface area contributed by atoms with Crippen LogP contribution in [0.3, 0.4) is 0 Å². The predicted octanol–water partition coefficient (Wildman–Crippen LogP) is 5.38. The Morgan fingerprint density at radius 3 is 2.05 bits per heavy atom. The van der Waals surface area contributed by atoms with E-state index in [2.05, 4.69) is 36.3 Å². The molecule has 0 aliphatic carbocycles. The van der Waals surface area contributed by atoms with Crippen molar-refractivity contribution in [2.45, 2.75) is 33.1 Å². The molecule has 1 saturated heterocycles. The van der Waals surface area contributed by atoms with Gasteiger partial charge in [0.2, 0.25) is 0 Å². The number of aryl methyl sites for hydroxylation is 1. The molecule has 6 nitrogen and oxygen atoms in total. The molecule has 2 amide bonds. The number of hydrogen-bond acceptors (Lipinski definition) is 4. The Morgan fingerprint density at radius 1 is 0.838 bits per heavy atom. The van der Waals surface area contributed by atoms with E-state index >= 15 is 0 Å². The fourth-order valence-electron chi connectivity index (χ4n) is 4.37. The molecule has 7 heteroatoms. The fourth-order valence-corrected chi connectivity index (χ4v) is 4.58. The van der Waals surface area contributed by atoms with Crippen LogP contribution < -0.4 is 15.5 Å². The quantitative estimate of drug-likeness (QED) is 0.458. The van der Waals surface area contributed by atoms with Crippen molar-refractivity contribution in [2.24, 2.45) is 0 Å². The highest BCUT2D eigenvalue weighted by atomic mass is 32.1. The van der Waals surface area contributed by atoms with Crippen molar-refractivity contribution < 1.29 is 9.59 Å². The van der Waals surface area contributed by atoms with Gasteiger partial charge < -0.3 is 15.1 Å². The predicted molar refractivity (Wildman–Crippen MR) is 155 cm³/mol. The second kappa shape index (κ2) is 11.1. The van der Waals surface area contributed by atoms with Gasteiger partial charge in [0.05, 0.1) is 0 Å². The summed E-state index contributed by atoms with van der Waals surface area (Å²) in [4.78, 5) is 29.7. The van der Waals surface area contributed by atoms with Crippen LogP contribution in [0.1, 0.15) is 52.6 Å². The zero-order chi connectivity index (χ0) is 26.6. The Hall–Kier alpha value is -3.71. The van der Waals surface area contributed by atoms with Crippen molar-refractivity contribution >= 4 is 40.5 Å². The Labute approximate surface area is 224 Å². The highest BCUT2D eigenvalue weighted by molar-refractivity contribution is 7.80. The van der Waals surface area contributed by atoms with E-state index in [9.17, 15) is 9.59 Å². The molecule has 0 spiro atoms. The minimum absolute atomic E-state index is 0.0321. The zero-order valence-corrected chi connectivity index (χ0v) is 22.7. The topological polar surface area (TPSA) is 64.7 Å². The molecule has 1 heterocycles. The summed E-state index contributed by atoms with van der Waals surface area (Å²) in [6, 6.07) is 23.3. The molecule has 1 aliphatic rings. The molecule has 1 fully saturated rings. The van der Waals surface area contributed by atoms with Crippen LogP contribution in [0.4, 0.5) is 11.4 Å². The lowest BCUT2D eigenvalue weighted by molar-refractivity contribution is 0.0746. The monoisotopic (exact) mass is 514 g/mol. The smallest absolute Gasteiger partial charge is 0.257 e. The summed E-state index contributed by atoms with van der Waals surface area (Å²) in [7, 11) is 0. The van der Waals surface area contributed by atoms with Crippen LogP contribution in [-0.2, 0) is 5.41 Å². The Balaban J connectivity index is 1.28. The standard InChI is InChI=1S/C30H34N4O2S/c1-21-7-5-6-8-26(21)28(36)34-19-17-33(18-20-34)25-15-13-24(14-16-25)31-29(37)32-27(35)22-9-11-23(12-10-22)30(2,3)4/h5-16H,17-20H2,1-4H3,(H2,31,32,35,37). The molecule has 3 aromatic rings. The van der Waals surface area contributed by atoms with Crippen molar-refractivity contribution in [3.8, 4) is 0 Å².